The van der Waals surface area contributed by atoms with E-state index in [4.69, 9.17) is 4.74 Å². The molecule has 0 bridgehead atoms. The molecule has 0 aromatic heterocycles. The maximum atomic E-state index is 11.6. The van der Waals surface area contributed by atoms with Gasteiger partial charge >= 0.3 is 5.97 Å². The average molecular weight is 511 g/mol. The number of hydrogen-bond donors (Lipinski definition) is 1. The normalized spacial score (nSPS) is 11.6. The van der Waals surface area contributed by atoms with Gasteiger partial charge in [-0.05, 0) is 84.5 Å². The first-order chi connectivity index (χ1) is 18.1. The minimum atomic E-state index is -0.928. The van der Waals surface area contributed by atoms with Crippen LogP contribution >= 0.6 is 0 Å². The first kappa shape index (κ1) is 29.2. The number of esters is 1. The third-order valence-electron chi connectivity index (χ3n) is 8.21. The Hall–Kier alpha value is -3.35. The quantitative estimate of drug-likeness (QED) is 0.237. The van der Waals surface area contributed by atoms with Crippen molar-refractivity contribution in [2.75, 3.05) is 7.11 Å². The zero-order valence-electron chi connectivity index (χ0n) is 24.1. The predicted molar refractivity (Wildman–Crippen MR) is 157 cm³/mol. The van der Waals surface area contributed by atoms with Crippen molar-refractivity contribution in [1.82, 2.24) is 0 Å². The van der Waals surface area contributed by atoms with Crippen LogP contribution in [0.2, 0.25) is 0 Å². The molecule has 0 fully saturated rings. The monoisotopic (exact) mass is 510 g/mol. The highest BCUT2D eigenvalue weighted by Gasteiger charge is 2.31. The summed E-state index contributed by atoms with van der Waals surface area (Å²) >= 11 is 0. The zero-order valence-corrected chi connectivity index (χ0v) is 24.1. The molecule has 200 valence electrons. The van der Waals surface area contributed by atoms with Crippen LogP contribution in [0.3, 0.4) is 0 Å². The van der Waals surface area contributed by atoms with Gasteiger partial charge < -0.3 is 9.84 Å². The van der Waals surface area contributed by atoms with Gasteiger partial charge in [-0.3, -0.25) is 4.79 Å². The van der Waals surface area contributed by atoms with Gasteiger partial charge in [-0.1, -0.05) is 94.1 Å². The molecule has 0 radical (unpaired) electrons. The van der Waals surface area contributed by atoms with E-state index in [1.807, 2.05) is 26.0 Å². The van der Waals surface area contributed by atoms with Gasteiger partial charge in [-0.15, -0.1) is 0 Å². The molecule has 0 atom stereocenters. The number of carbonyl (C=O) groups is 1. The number of aryl methyl sites for hydroxylation is 2. The van der Waals surface area contributed by atoms with Crippen LogP contribution in [0.15, 0.2) is 60.7 Å². The topological polar surface area (TPSA) is 46.5 Å². The summed E-state index contributed by atoms with van der Waals surface area (Å²) in [5, 5.41) is 10.6. The Kier molecular flexibility index (Phi) is 9.58. The fraction of sp³-hybridized carbons (Fsp3) is 0.400. The Labute approximate surface area is 229 Å². The van der Waals surface area contributed by atoms with Crippen molar-refractivity contribution in [3.8, 4) is 23.0 Å². The summed E-state index contributed by atoms with van der Waals surface area (Å²) in [5.74, 6) is 6.11. The molecule has 38 heavy (non-hydrogen) atoms. The van der Waals surface area contributed by atoms with Gasteiger partial charge in [0.1, 0.15) is 5.60 Å². The number of aliphatic hydroxyl groups is 1. The molecule has 0 spiro atoms. The molecule has 1 N–H and O–H groups in total. The number of carbonyl (C=O) groups excluding carboxylic acids is 1. The summed E-state index contributed by atoms with van der Waals surface area (Å²) in [6.45, 7) is 12.7. The van der Waals surface area contributed by atoms with Crippen molar-refractivity contribution in [2.24, 2.45) is 0 Å². The van der Waals surface area contributed by atoms with Crippen LogP contribution in [0.1, 0.15) is 86.8 Å². The predicted octanol–water partition coefficient (Wildman–Crippen LogP) is 7.69. The summed E-state index contributed by atoms with van der Waals surface area (Å²) in [6.07, 6.45) is 3.50. The molecule has 0 heterocycles. The van der Waals surface area contributed by atoms with Crippen LogP contribution in [0.25, 0.3) is 11.1 Å². The molecular weight excluding hydrogens is 468 g/mol. The molecular formula is C35H42O3. The van der Waals surface area contributed by atoms with E-state index in [2.05, 4.69) is 88.1 Å². The summed E-state index contributed by atoms with van der Waals surface area (Å²) in [7, 11) is 1.41. The van der Waals surface area contributed by atoms with Gasteiger partial charge in [0.2, 0.25) is 0 Å². The van der Waals surface area contributed by atoms with E-state index in [0.717, 1.165) is 35.1 Å². The second-order valence-electron chi connectivity index (χ2n) is 10.3. The molecule has 0 saturated carbocycles. The second kappa shape index (κ2) is 12.5. The molecule has 0 aliphatic heterocycles. The highest BCUT2D eigenvalue weighted by atomic mass is 16.5. The highest BCUT2D eigenvalue weighted by molar-refractivity contribution is 5.73. The van der Waals surface area contributed by atoms with Crippen molar-refractivity contribution in [2.45, 2.75) is 84.7 Å². The van der Waals surface area contributed by atoms with Gasteiger partial charge in [0.25, 0.3) is 0 Å². The molecule has 0 amide bonds. The Balaban J connectivity index is 1.96. The maximum Gasteiger partial charge on any atom is 0.309 e. The van der Waals surface area contributed by atoms with Crippen LogP contribution in [0.5, 0.6) is 0 Å². The summed E-state index contributed by atoms with van der Waals surface area (Å²) in [5.41, 5.74) is 8.20. The number of ether oxygens (including phenoxy) is 1. The molecule has 0 unspecified atom stereocenters. The van der Waals surface area contributed by atoms with Crippen LogP contribution in [0, 0.1) is 25.7 Å². The number of rotatable bonds is 9. The van der Waals surface area contributed by atoms with E-state index in [1.165, 1.54) is 29.4 Å². The third kappa shape index (κ3) is 6.20. The SMILES string of the molecule is CCC(O)(C#Cc1ccc(C(CC)(CC)c2ccc(-c3ccc(CC(=O)OC)cc3)c(C)c2)cc1C)CC. The van der Waals surface area contributed by atoms with Crippen molar-refractivity contribution < 1.29 is 14.6 Å². The zero-order chi connectivity index (χ0) is 27.9. The first-order valence-electron chi connectivity index (χ1n) is 13.8. The van der Waals surface area contributed by atoms with Crippen LogP contribution in [-0.2, 0) is 21.4 Å². The van der Waals surface area contributed by atoms with Gasteiger partial charge in [0.05, 0.1) is 13.5 Å². The lowest BCUT2D eigenvalue weighted by molar-refractivity contribution is -0.139. The largest absolute Gasteiger partial charge is 0.469 e. The molecule has 3 rings (SSSR count). The lowest BCUT2D eigenvalue weighted by Crippen LogP contribution is -2.26. The molecule has 3 aromatic carbocycles. The highest BCUT2D eigenvalue weighted by Crippen LogP contribution is 2.41. The summed E-state index contributed by atoms with van der Waals surface area (Å²) in [4.78, 5) is 11.6. The van der Waals surface area contributed by atoms with Crippen molar-refractivity contribution in [1.29, 1.82) is 0 Å². The lowest BCUT2D eigenvalue weighted by atomic mass is 9.69. The Morgan fingerprint density at radius 2 is 1.39 bits per heavy atom. The smallest absolute Gasteiger partial charge is 0.309 e. The van der Waals surface area contributed by atoms with E-state index in [0.29, 0.717) is 12.8 Å². The van der Waals surface area contributed by atoms with E-state index in [9.17, 15) is 9.90 Å². The standard InChI is InChI=1S/C35H42O3/c1-8-34(37,9-2)21-20-28-16-17-30(22-25(28)5)35(10-3,11-4)31-18-19-32(26(6)23-31)29-14-12-27(13-15-29)24-33(36)38-7/h12-19,22-23,37H,8-11,24H2,1-7H3. The van der Waals surface area contributed by atoms with Crippen molar-refractivity contribution >= 4 is 5.97 Å². The fourth-order valence-electron chi connectivity index (χ4n) is 5.27. The molecule has 0 aliphatic carbocycles. The molecule has 3 aromatic rings. The van der Waals surface area contributed by atoms with Crippen LogP contribution in [0.4, 0.5) is 0 Å². The fourth-order valence-corrected chi connectivity index (χ4v) is 5.27. The Morgan fingerprint density at radius 1 is 0.816 bits per heavy atom. The molecule has 3 nitrogen and oxygen atoms in total. The first-order valence-corrected chi connectivity index (χ1v) is 13.8. The number of methoxy groups -OCH3 is 1. The Morgan fingerprint density at radius 3 is 1.89 bits per heavy atom. The average Bonchev–Trinajstić information content (AvgIpc) is 2.94. The number of hydrogen-bond acceptors (Lipinski definition) is 3. The van der Waals surface area contributed by atoms with E-state index in [-0.39, 0.29) is 17.8 Å². The molecule has 0 aliphatic rings. The minimum Gasteiger partial charge on any atom is -0.469 e. The van der Waals surface area contributed by atoms with E-state index < -0.39 is 5.60 Å². The summed E-state index contributed by atoms with van der Waals surface area (Å²) < 4.78 is 4.78. The van der Waals surface area contributed by atoms with Crippen molar-refractivity contribution in [3.63, 3.8) is 0 Å². The second-order valence-corrected chi connectivity index (χ2v) is 10.3. The molecule has 0 saturated heterocycles. The summed E-state index contributed by atoms with van der Waals surface area (Å²) in [6, 6.07) is 21.6. The van der Waals surface area contributed by atoms with E-state index in [1.54, 1.807) is 0 Å². The van der Waals surface area contributed by atoms with Crippen molar-refractivity contribution in [3.05, 3.63) is 94.0 Å². The van der Waals surface area contributed by atoms with Gasteiger partial charge in [-0.25, -0.2) is 0 Å². The lowest BCUT2D eigenvalue weighted by Gasteiger charge is -2.34. The van der Waals surface area contributed by atoms with Crippen LogP contribution < -0.4 is 0 Å². The number of benzene rings is 3. The minimum absolute atomic E-state index is 0.0993. The van der Waals surface area contributed by atoms with Gasteiger partial charge in [0, 0.05) is 11.0 Å². The third-order valence-corrected chi connectivity index (χ3v) is 8.21. The maximum absolute atomic E-state index is 11.6. The van der Waals surface area contributed by atoms with Gasteiger partial charge in [-0.2, -0.15) is 0 Å². The van der Waals surface area contributed by atoms with Gasteiger partial charge in [0.15, 0.2) is 0 Å². The van der Waals surface area contributed by atoms with E-state index >= 15 is 0 Å². The Bertz CT molecular complexity index is 1310. The van der Waals surface area contributed by atoms with Crippen LogP contribution in [-0.4, -0.2) is 23.8 Å². The molecule has 3 heteroatoms.